The molecule has 1 aliphatic heterocycles. The second kappa shape index (κ2) is 4.52. The van der Waals surface area contributed by atoms with Crippen molar-refractivity contribution in [1.82, 2.24) is 0 Å². The van der Waals surface area contributed by atoms with E-state index in [-0.39, 0.29) is 6.10 Å². The summed E-state index contributed by atoms with van der Waals surface area (Å²) in [4.78, 5) is 0. The van der Waals surface area contributed by atoms with Crippen LogP contribution in [0.25, 0.3) is 0 Å². The molecule has 0 bridgehead atoms. The highest BCUT2D eigenvalue weighted by Gasteiger charge is 2.25. The van der Waals surface area contributed by atoms with Crippen LogP contribution in [-0.4, -0.2) is 23.9 Å². The second-order valence-corrected chi connectivity index (χ2v) is 4.52. The van der Waals surface area contributed by atoms with Gasteiger partial charge >= 0.3 is 0 Å². The molecule has 1 aliphatic rings. The quantitative estimate of drug-likeness (QED) is 0.836. The number of aliphatic hydroxyl groups is 1. The van der Waals surface area contributed by atoms with Gasteiger partial charge in [0.25, 0.3) is 0 Å². The van der Waals surface area contributed by atoms with E-state index in [2.05, 4.69) is 5.32 Å². The summed E-state index contributed by atoms with van der Waals surface area (Å²) in [5.74, 6) is 0.769. The van der Waals surface area contributed by atoms with E-state index in [1.165, 1.54) is 0 Å². The predicted molar refractivity (Wildman–Crippen MR) is 65.4 cm³/mol. The van der Waals surface area contributed by atoms with Crippen molar-refractivity contribution in [1.29, 1.82) is 0 Å². The van der Waals surface area contributed by atoms with Crippen LogP contribution in [0.4, 0.5) is 5.69 Å². The molecule has 0 fully saturated rings. The van der Waals surface area contributed by atoms with E-state index in [9.17, 15) is 5.11 Å². The van der Waals surface area contributed by atoms with Gasteiger partial charge in [-0.3, -0.25) is 0 Å². The zero-order valence-corrected chi connectivity index (χ0v) is 10.2. The average molecular weight is 242 g/mol. The molecule has 1 aromatic rings. The lowest BCUT2D eigenvalue weighted by molar-refractivity contribution is 0.0382. The number of hydrogen-bond donors (Lipinski definition) is 2. The molecule has 0 spiro atoms. The van der Waals surface area contributed by atoms with Crippen molar-refractivity contribution in [2.24, 2.45) is 0 Å². The normalized spacial score (nSPS) is 20.6. The predicted octanol–water partition coefficient (Wildman–Crippen LogP) is 2.59. The minimum absolute atomic E-state index is 0.182. The Kier molecular flexibility index (Phi) is 3.26. The van der Waals surface area contributed by atoms with Gasteiger partial charge in [-0.1, -0.05) is 18.5 Å². The number of anilines is 1. The summed E-state index contributed by atoms with van der Waals surface area (Å²) in [6.07, 6.45) is 0.0727. The highest BCUT2D eigenvalue weighted by molar-refractivity contribution is 6.31. The topological polar surface area (TPSA) is 41.5 Å². The zero-order valence-electron chi connectivity index (χ0n) is 9.46. The molecule has 2 atom stereocenters. The number of ether oxygens (including phenoxy) is 1. The van der Waals surface area contributed by atoms with Crippen LogP contribution >= 0.6 is 11.6 Å². The molecular weight excluding hydrogens is 226 g/mol. The summed E-state index contributed by atoms with van der Waals surface area (Å²) in [6, 6.07) is 3.76. The number of hydrogen-bond acceptors (Lipinski definition) is 3. The summed E-state index contributed by atoms with van der Waals surface area (Å²) in [6.45, 7) is 4.49. The zero-order chi connectivity index (χ0) is 11.7. The van der Waals surface area contributed by atoms with Gasteiger partial charge in [-0.15, -0.1) is 0 Å². The summed E-state index contributed by atoms with van der Waals surface area (Å²) >= 11 is 6.03. The van der Waals surface area contributed by atoms with Crippen LogP contribution in [-0.2, 0) is 0 Å². The minimum atomic E-state index is -0.434. The van der Waals surface area contributed by atoms with Crippen LogP contribution in [0, 0.1) is 6.92 Å². The molecular formula is C12H16ClNO2. The maximum absolute atomic E-state index is 9.74. The SMILES string of the molecule is CCC(O)C1CNc2cc(Cl)c(C)cc2O1. The van der Waals surface area contributed by atoms with Gasteiger partial charge < -0.3 is 15.2 Å². The van der Waals surface area contributed by atoms with E-state index in [0.717, 1.165) is 22.0 Å². The Morgan fingerprint density at radius 2 is 2.38 bits per heavy atom. The number of halogens is 1. The Balaban J connectivity index is 2.23. The summed E-state index contributed by atoms with van der Waals surface area (Å²) in [7, 11) is 0. The third kappa shape index (κ3) is 2.11. The molecule has 3 nitrogen and oxygen atoms in total. The average Bonchev–Trinajstić information content (AvgIpc) is 2.29. The Bertz CT molecular complexity index is 395. The van der Waals surface area contributed by atoms with Crippen molar-refractivity contribution in [3.8, 4) is 5.75 Å². The van der Waals surface area contributed by atoms with Crippen LogP contribution in [0.3, 0.4) is 0 Å². The fourth-order valence-electron chi connectivity index (χ4n) is 1.78. The minimum Gasteiger partial charge on any atom is -0.484 e. The molecule has 1 aromatic carbocycles. The lowest BCUT2D eigenvalue weighted by atomic mass is 10.1. The van der Waals surface area contributed by atoms with E-state index in [0.29, 0.717) is 13.0 Å². The highest BCUT2D eigenvalue weighted by atomic mass is 35.5. The van der Waals surface area contributed by atoms with Crippen molar-refractivity contribution in [3.05, 3.63) is 22.7 Å². The van der Waals surface area contributed by atoms with Crippen LogP contribution in [0.15, 0.2) is 12.1 Å². The van der Waals surface area contributed by atoms with Crippen LogP contribution in [0.2, 0.25) is 5.02 Å². The molecule has 2 unspecified atom stereocenters. The molecule has 4 heteroatoms. The Morgan fingerprint density at radius 3 is 3.06 bits per heavy atom. The molecule has 16 heavy (non-hydrogen) atoms. The third-order valence-electron chi connectivity index (χ3n) is 2.88. The van der Waals surface area contributed by atoms with Crippen molar-refractivity contribution in [2.45, 2.75) is 32.5 Å². The number of fused-ring (bicyclic) bond motifs is 1. The number of benzene rings is 1. The Hall–Kier alpha value is -0.930. The maximum Gasteiger partial charge on any atom is 0.143 e. The first kappa shape index (κ1) is 11.6. The van der Waals surface area contributed by atoms with Gasteiger partial charge in [0.1, 0.15) is 11.9 Å². The van der Waals surface area contributed by atoms with Crippen LogP contribution in [0.1, 0.15) is 18.9 Å². The Labute approximate surface area is 100 Å². The van der Waals surface area contributed by atoms with Gasteiger partial charge in [-0.2, -0.15) is 0 Å². The number of aryl methyl sites for hydroxylation is 1. The van der Waals surface area contributed by atoms with E-state index < -0.39 is 6.10 Å². The van der Waals surface area contributed by atoms with Crippen molar-refractivity contribution in [2.75, 3.05) is 11.9 Å². The van der Waals surface area contributed by atoms with Crippen molar-refractivity contribution in [3.63, 3.8) is 0 Å². The lowest BCUT2D eigenvalue weighted by Crippen LogP contribution is -2.40. The van der Waals surface area contributed by atoms with E-state index in [1.54, 1.807) is 0 Å². The molecule has 0 aromatic heterocycles. The fourth-order valence-corrected chi connectivity index (χ4v) is 1.95. The third-order valence-corrected chi connectivity index (χ3v) is 3.29. The van der Waals surface area contributed by atoms with E-state index in [1.807, 2.05) is 26.0 Å². The van der Waals surface area contributed by atoms with Crippen molar-refractivity contribution < 1.29 is 9.84 Å². The fraction of sp³-hybridized carbons (Fsp3) is 0.500. The molecule has 88 valence electrons. The molecule has 0 aliphatic carbocycles. The lowest BCUT2D eigenvalue weighted by Gasteiger charge is -2.30. The van der Waals surface area contributed by atoms with Gasteiger partial charge in [-0.05, 0) is 31.0 Å². The molecule has 2 N–H and O–H groups in total. The van der Waals surface area contributed by atoms with E-state index >= 15 is 0 Å². The van der Waals surface area contributed by atoms with E-state index in [4.69, 9.17) is 16.3 Å². The van der Waals surface area contributed by atoms with Gasteiger partial charge in [0, 0.05) is 5.02 Å². The molecule has 0 saturated carbocycles. The Morgan fingerprint density at radius 1 is 1.62 bits per heavy atom. The first-order valence-electron chi connectivity index (χ1n) is 5.50. The number of nitrogens with one attached hydrogen (secondary N) is 1. The number of rotatable bonds is 2. The van der Waals surface area contributed by atoms with Gasteiger partial charge in [-0.25, -0.2) is 0 Å². The molecule has 0 amide bonds. The first-order chi connectivity index (χ1) is 7.61. The summed E-state index contributed by atoms with van der Waals surface area (Å²) in [5, 5.41) is 13.7. The van der Waals surface area contributed by atoms with Crippen molar-refractivity contribution >= 4 is 17.3 Å². The summed E-state index contributed by atoms with van der Waals surface area (Å²) in [5.41, 5.74) is 1.88. The first-order valence-corrected chi connectivity index (χ1v) is 5.88. The monoisotopic (exact) mass is 241 g/mol. The maximum atomic E-state index is 9.74. The molecule has 2 rings (SSSR count). The second-order valence-electron chi connectivity index (χ2n) is 4.11. The largest absolute Gasteiger partial charge is 0.484 e. The van der Waals surface area contributed by atoms with Crippen LogP contribution in [0.5, 0.6) is 5.75 Å². The smallest absolute Gasteiger partial charge is 0.143 e. The molecule has 0 radical (unpaired) electrons. The van der Waals surface area contributed by atoms with Gasteiger partial charge in [0.05, 0.1) is 18.3 Å². The van der Waals surface area contributed by atoms with Gasteiger partial charge in [0.2, 0.25) is 0 Å². The van der Waals surface area contributed by atoms with Crippen LogP contribution < -0.4 is 10.1 Å². The molecule has 1 heterocycles. The highest BCUT2D eigenvalue weighted by Crippen LogP contribution is 2.34. The number of aliphatic hydroxyl groups excluding tert-OH is 1. The van der Waals surface area contributed by atoms with Gasteiger partial charge in [0.15, 0.2) is 0 Å². The molecule has 0 saturated heterocycles. The standard InChI is InChI=1S/C12H16ClNO2/c1-3-10(15)12-6-14-9-5-8(13)7(2)4-11(9)16-12/h4-5,10,12,14-15H,3,6H2,1-2H3. The summed E-state index contributed by atoms with van der Waals surface area (Å²) < 4.78 is 5.75.